The van der Waals surface area contributed by atoms with Crippen molar-refractivity contribution < 1.29 is 13.2 Å². The van der Waals surface area contributed by atoms with Crippen LogP contribution in [-0.4, -0.2) is 46.5 Å². The molecule has 0 spiro atoms. The summed E-state index contributed by atoms with van der Waals surface area (Å²) in [4.78, 5) is 17.1. The Labute approximate surface area is 151 Å². The van der Waals surface area contributed by atoms with Crippen LogP contribution in [0.15, 0.2) is 24.3 Å². The molecular formula is C18H20N4O3S. The van der Waals surface area contributed by atoms with E-state index in [-0.39, 0.29) is 29.9 Å². The van der Waals surface area contributed by atoms with Crippen LogP contribution < -0.4 is 5.32 Å². The van der Waals surface area contributed by atoms with Gasteiger partial charge in [0, 0.05) is 28.4 Å². The fourth-order valence-electron chi connectivity index (χ4n) is 3.58. The molecule has 1 unspecified atom stereocenters. The second-order valence-corrected chi connectivity index (χ2v) is 9.09. The predicted octanol–water partition coefficient (Wildman–Crippen LogP) is 1.35. The van der Waals surface area contributed by atoms with Crippen molar-refractivity contribution in [3.8, 4) is 0 Å². The summed E-state index contributed by atoms with van der Waals surface area (Å²) in [6, 6.07) is 7.51. The highest BCUT2D eigenvalue weighted by atomic mass is 32.2. The number of carbonyl (C=O) groups is 1. The van der Waals surface area contributed by atoms with E-state index in [2.05, 4.69) is 15.4 Å². The summed E-state index contributed by atoms with van der Waals surface area (Å²) in [5.74, 6) is -0.0155. The zero-order chi connectivity index (χ0) is 18.5. The molecule has 1 amide bonds. The first-order valence-electron chi connectivity index (χ1n) is 8.57. The number of aromatic nitrogens is 3. The number of nitrogens with one attached hydrogen (secondary N) is 1. The predicted molar refractivity (Wildman–Crippen MR) is 98.9 cm³/mol. The van der Waals surface area contributed by atoms with E-state index >= 15 is 0 Å². The standard InChI is InChI=1S/C18H20N4O3S/c1-11-15(9-17(23)20-13-7-8-26(24,25)10-13)12(2)22-18(19-11)14-5-3-4-6-16(14)21-22/h3-6,13H,7-10H2,1-2H3,(H,20,23). The Morgan fingerprint density at radius 1 is 1.31 bits per heavy atom. The quantitative estimate of drug-likeness (QED) is 0.749. The average Bonchev–Trinajstić information content (AvgIpc) is 3.11. The van der Waals surface area contributed by atoms with Gasteiger partial charge in [-0.1, -0.05) is 12.1 Å². The summed E-state index contributed by atoms with van der Waals surface area (Å²) in [7, 11) is -3.02. The van der Waals surface area contributed by atoms with Gasteiger partial charge in [-0.2, -0.15) is 5.10 Å². The monoisotopic (exact) mass is 372 g/mol. The molecule has 1 aliphatic heterocycles. The van der Waals surface area contributed by atoms with E-state index in [0.717, 1.165) is 33.5 Å². The molecular weight excluding hydrogens is 352 g/mol. The van der Waals surface area contributed by atoms with Crippen LogP contribution in [0.1, 0.15) is 23.4 Å². The topological polar surface area (TPSA) is 93.4 Å². The lowest BCUT2D eigenvalue weighted by Gasteiger charge is -2.14. The zero-order valence-electron chi connectivity index (χ0n) is 14.7. The van der Waals surface area contributed by atoms with Crippen molar-refractivity contribution in [3.63, 3.8) is 0 Å². The van der Waals surface area contributed by atoms with Crippen molar-refractivity contribution in [1.29, 1.82) is 0 Å². The molecule has 1 N–H and O–H groups in total. The molecule has 136 valence electrons. The molecule has 0 bridgehead atoms. The number of sulfone groups is 1. The highest BCUT2D eigenvalue weighted by Crippen LogP contribution is 2.22. The Hall–Kier alpha value is -2.48. The number of hydrogen-bond donors (Lipinski definition) is 1. The van der Waals surface area contributed by atoms with Crippen molar-refractivity contribution in [2.75, 3.05) is 11.5 Å². The highest BCUT2D eigenvalue weighted by Gasteiger charge is 2.29. The summed E-state index contributed by atoms with van der Waals surface area (Å²) in [6.45, 7) is 3.81. The highest BCUT2D eigenvalue weighted by molar-refractivity contribution is 7.91. The van der Waals surface area contributed by atoms with E-state index in [0.29, 0.717) is 6.42 Å². The summed E-state index contributed by atoms with van der Waals surface area (Å²) in [6.07, 6.45) is 0.640. The molecule has 0 saturated carbocycles. The van der Waals surface area contributed by atoms with Gasteiger partial charge < -0.3 is 5.32 Å². The van der Waals surface area contributed by atoms with Gasteiger partial charge in [0.25, 0.3) is 0 Å². The lowest BCUT2D eigenvalue weighted by atomic mass is 10.1. The Bertz CT molecular complexity index is 1130. The molecule has 3 aromatic rings. The lowest BCUT2D eigenvalue weighted by Crippen LogP contribution is -2.37. The largest absolute Gasteiger partial charge is 0.352 e. The zero-order valence-corrected chi connectivity index (χ0v) is 15.5. The van der Waals surface area contributed by atoms with Crippen molar-refractivity contribution in [3.05, 3.63) is 41.2 Å². The summed E-state index contributed by atoms with van der Waals surface area (Å²) < 4.78 is 24.9. The van der Waals surface area contributed by atoms with Gasteiger partial charge in [-0.05, 0) is 32.4 Å². The molecule has 1 aliphatic rings. The normalized spacial score (nSPS) is 19.2. The first-order chi connectivity index (χ1) is 12.3. The third-order valence-corrected chi connectivity index (χ3v) is 6.72. The molecule has 26 heavy (non-hydrogen) atoms. The van der Waals surface area contributed by atoms with E-state index in [1.54, 1.807) is 4.52 Å². The second-order valence-electron chi connectivity index (χ2n) is 6.86. The van der Waals surface area contributed by atoms with Gasteiger partial charge in [-0.25, -0.2) is 17.9 Å². The first kappa shape index (κ1) is 17.0. The van der Waals surface area contributed by atoms with Crippen LogP contribution in [0, 0.1) is 13.8 Å². The Balaban J connectivity index is 1.64. The van der Waals surface area contributed by atoms with Gasteiger partial charge in [-0.15, -0.1) is 0 Å². The van der Waals surface area contributed by atoms with Crippen LogP contribution in [0.25, 0.3) is 16.6 Å². The minimum absolute atomic E-state index is 0.0263. The molecule has 7 nitrogen and oxygen atoms in total. The fraction of sp³-hybridized carbons (Fsp3) is 0.389. The summed E-state index contributed by atoms with van der Waals surface area (Å²) in [5.41, 5.74) is 4.12. The van der Waals surface area contributed by atoms with Crippen molar-refractivity contribution in [2.45, 2.75) is 32.7 Å². The van der Waals surface area contributed by atoms with E-state index in [9.17, 15) is 13.2 Å². The SMILES string of the molecule is Cc1nc2c3ccccc3nn2c(C)c1CC(=O)NC1CCS(=O)(=O)C1. The van der Waals surface area contributed by atoms with Crippen LogP contribution in [0.5, 0.6) is 0 Å². The minimum Gasteiger partial charge on any atom is -0.352 e. The van der Waals surface area contributed by atoms with E-state index in [4.69, 9.17) is 0 Å². The van der Waals surface area contributed by atoms with Crippen LogP contribution in [0.2, 0.25) is 0 Å². The molecule has 1 saturated heterocycles. The third-order valence-electron chi connectivity index (χ3n) is 4.95. The van der Waals surface area contributed by atoms with Crippen LogP contribution in [0.4, 0.5) is 0 Å². The number of fused-ring (bicyclic) bond motifs is 3. The van der Waals surface area contributed by atoms with E-state index in [1.807, 2.05) is 38.1 Å². The van der Waals surface area contributed by atoms with Crippen molar-refractivity contribution in [1.82, 2.24) is 19.9 Å². The Morgan fingerprint density at radius 3 is 2.81 bits per heavy atom. The number of hydrogen-bond acceptors (Lipinski definition) is 5. The smallest absolute Gasteiger partial charge is 0.224 e. The first-order valence-corrected chi connectivity index (χ1v) is 10.4. The van der Waals surface area contributed by atoms with E-state index < -0.39 is 9.84 Å². The second kappa shape index (κ2) is 6.05. The molecule has 1 atom stereocenters. The molecule has 0 radical (unpaired) electrons. The van der Waals surface area contributed by atoms with Gasteiger partial charge >= 0.3 is 0 Å². The van der Waals surface area contributed by atoms with Crippen LogP contribution in [0.3, 0.4) is 0 Å². The molecule has 3 heterocycles. The van der Waals surface area contributed by atoms with Crippen molar-refractivity contribution >= 4 is 32.3 Å². The number of amides is 1. The van der Waals surface area contributed by atoms with Crippen molar-refractivity contribution in [2.24, 2.45) is 0 Å². The Kier molecular flexibility index (Phi) is 3.95. The Morgan fingerprint density at radius 2 is 2.08 bits per heavy atom. The third kappa shape index (κ3) is 2.94. The minimum atomic E-state index is -3.02. The molecule has 2 aromatic heterocycles. The number of aryl methyl sites for hydroxylation is 2. The maximum absolute atomic E-state index is 12.4. The van der Waals surface area contributed by atoms with Gasteiger partial charge in [0.2, 0.25) is 5.91 Å². The van der Waals surface area contributed by atoms with Crippen LogP contribution in [-0.2, 0) is 21.1 Å². The fourth-order valence-corrected chi connectivity index (χ4v) is 5.25. The number of rotatable bonds is 3. The maximum Gasteiger partial charge on any atom is 0.224 e. The molecule has 8 heteroatoms. The maximum atomic E-state index is 12.4. The molecule has 0 aliphatic carbocycles. The van der Waals surface area contributed by atoms with Gasteiger partial charge in [-0.3, -0.25) is 4.79 Å². The number of carbonyl (C=O) groups excluding carboxylic acids is 1. The van der Waals surface area contributed by atoms with E-state index in [1.165, 1.54) is 0 Å². The molecule has 4 rings (SSSR count). The molecule has 1 aromatic carbocycles. The summed E-state index contributed by atoms with van der Waals surface area (Å²) in [5, 5.41) is 8.40. The lowest BCUT2D eigenvalue weighted by molar-refractivity contribution is -0.121. The van der Waals surface area contributed by atoms with Gasteiger partial charge in [0.05, 0.1) is 23.4 Å². The summed E-state index contributed by atoms with van der Waals surface area (Å²) >= 11 is 0. The number of benzene rings is 1. The van der Waals surface area contributed by atoms with Crippen LogP contribution >= 0.6 is 0 Å². The molecule has 1 fully saturated rings. The number of nitrogens with zero attached hydrogens (tertiary/aromatic N) is 3. The average molecular weight is 372 g/mol. The van der Waals surface area contributed by atoms with Gasteiger partial charge in [0.1, 0.15) is 0 Å². The van der Waals surface area contributed by atoms with Gasteiger partial charge in [0.15, 0.2) is 15.5 Å².